The molecule has 0 N–H and O–H groups in total. The van der Waals surface area contributed by atoms with E-state index in [2.05, 4.69) is 0 Å². The van der Waals surface area contributed by atoms with Crippen molar-refractivity contribution in [2.24, 2.45) is 0 Å². The first-order valence-electron chi connectivity index (χ1n) is 8.38. The van der Waals surface area contributed by atoms with Crippen LogP contribution in [0.2, 0.25) is 0 Å². The van der Waals surface area contributed by atoms with Crippen LogP contribution in [0.25, 0.3) is 0 Å². The van der Waals surface area contributed by atoms with Crippen LogP contribution in [0.1, 0.15) is 40.0 Å². The third-order valence-corrected chi connectivity index (χ3v) is 5.66. The fourth-order valence-electron chi connectivity index (χ4n) is 2.68. The second-order valence-electron chi connectivity index (χ2n) is 6.73. The Bertz CT molecular complexity index is 1010. The molecule has 2 rings (SSSR count). The van der Waals surface area contributed by atoms with E-state index in [-0.39, 0.29) is 11.0 Å². The normalized spacial score (nSPS) is 13.8. The fourth-order valence-corrected chi connectivity index (χ4v) is 3.31. The van der Waals surface area contributed by atoms with Crippen LogP contribution in [0.15, 0.2) is 47.4 Å². The minimum absolute atomic E-state index is 0.0279. The van der Waals surface area contributed by atoms with Crippen molar-refractivity contribution in [3.63, 3.8) is 0 Å². The number of benzene rings is 2. The van der Waals surface area contributed by atoms with Crippen LogP contribution in [0, 0.1) is 0 Å². The molecule has 0 unspecified atom stereocenters. The summed E-state index contributed by atoms with van der Waals surface area (Å²) in [6.45, 7) is 1.51. The Hall–Kier alpha value is -2.56. The summed E-state index contributed by atoms with van der Waals surface area (Å²) in [6, 6.07) is 5.35. The molecule has 4 nitrogen and oxygen atoms in total. The van der Waals surface area contributed by atoms with Crippen molar-refractivity contribution in [2.45, 2.75) is 30.2 Å². The number of nitrogens with zero attached hydrogens (tertiary/aromatic N) is 1. The largest absolute Gasteiger partial charge is 0.416 e. The van der Waals surface area contributed by atoms with Crippen molar-refractivity contribution in [1.29, 1.82) is 0 Å². The second kappa shape index (κ2) is 7.93. The summed E-state index contributed by atoms with van der Waals surface area (Å²) >= 11 is 0. The molecule has 0 aliphatic heterocycles. The van der Waals surface area contributed by atoms with Crippen molar-refractivity contribution in [2.75, 3.05) is 13.3 Å². The number of amides is 1. The maximum Gasteiger partial charge on any atom is 0.416 e. The van der Waals surface area contributed by atoms with Crippen molar-refractivity contribution in [3.05, 3.63) is 64.7 Å². The van der Waals surface area contributed by atoms with Gasteiger partial charge in [-0.05, 0) is 42.8 Å². The van der Waals surface area contributed by atoms with Crippen LogP contribution in [-0.2, 0) is 22.2 Å². The number of carbonyl (C=O) groups excluding carboxylic acids is 1. The molecule has 11 heteroatoms. The van der Waals surface area contributed by atoms with Crippen LogP contribution < -0.4 is 0 Å². The van der Waals surface area contributed by atoms with Crippen LogP contribution in [0.4, 0.5) is 26.3 Å². The van der Waals surface area contributed by atoms with Crippen LogP contribution in [0.5, 0.6) is 0 Å². The van der Waals surface area contributed by atoms with Crippen molar-refractivity contribution in [1.82, 2.24) is 4.90 Å². The van der Waals surface area contributed by atoms with Crippen LogP contribution in [0.3, 0.4) is 0 Å². The summed E-state index contributed by atoms with van der Waals surface area (Å²) in [7, 11) is -2.23. The van der Waals surface area contributed by atoms with E-state index >= 15 is 0 Å². The predicted octanol–water partition coefficient (Wildman–Crippen LogP) is 4.96. The zero-order chi connectivity index (χ0) is 23.1. The topological polar surface area (TPSA) is 54.5 Å². The summed E-state index contributed by atoms with van der Waals surface area (Å²) in [5.74, 6) is -1.05. The van der Waals surface area contributed by atoms with Gasteiger partial charge in [0.1, 0.15) is 0 Å². The van der Waals surface area contributed by atoms with E-state index in [4.69, 9.17) is 0 Å². The first-order valence-corrected chi connectivity index (χ1v) is 10.3. The van der Waals surface area contributed by atoms with Gasteiger partial charge >= 0.3 is 12.4 Å². The molecule has 0 saturated heterocycles. The van der Waals surface area contributed by atoms with Gasteiger partial charge in [-0.15, -0.1) is 0 Å². The molecule has 0 saturated carbocycles. The van der Waals surface area contributed by atoms with Gasteiger partial charge in [-0.3, -0.25) is 4.79 Å². The molecule has 0 fully saturated rings. The minimum Gasteiger partial charge on any atom is -0.335 e. The summed E-state index contributed by atoms with van der Waals surface area (Å²) < 4.78 is 101. The SMILES string of the molecule is C[C@@H](c1ccc(S(C)(=O)=O)cc1)N(C)C(=O)c1cc(C(F)(F)F)cc(C(F)(F)F)c1. The number of hydrogen-bond acceptors (Lipinski definition) is 3. The number of hydrogen-bond donors (Lipinski definition) is 0. The summed E-state index contributed by atoms with van der Waals surface area (Å²) in [4.78, 5) is 13.6. The Balaban J connectivity index is 2.41. The number of halogens is 6. The van der Waals surface area contributed by atoms with Gasteiger partial charge in [0.2, 0.25) is 0 Å². The van der Waals surface area contributed by atoms with Gasteiger partial charge in [0.05, 0.1) is 22.1 Å². The molecule has 164 valence electrons. The van der Waals surface area contributed by atoms with Gasteiger partial charge in [-0.1, -0.05) is 12.1 Å². The third kappa shape index (κ3) is 5.32. The Labute approximate surface area is 169 Å². The van der Waals surface area contributed by atoms with E-state index < -0.39 is 50.8 Å². The average molecular weight is 453 g/mol. The quantitative estimate of drug-likeness (QED) is 0.615. The van der Waals surface area contributed by atoms with Gasteiger partial charge in [0.15, 0.2) is 9.84 Å². The summed E-state index contributed by atoms with van der Waals surface area (Å²) in [5, 5.41) is 0. The molecule has 0 aliphatic carbocycles. The molecule has 1 atom stereocenters. The lowest BCUT2D eigenvalue weighted by Crippen LogP contribution is -2.30. The Morgan fingerprint density at radius 3 is 1.70 bits per heavy atom. The van der Waals surface area contributed by atoms with Gasteiger partial charge in [-0.2, -0.15) is 26.3 Å². The van der Waals surface area contributed by atoms with Crippen LogP contribution >= 0.6 is 0 Å². The molecular weight excluding hydrogens is 436 g/mol. The van der Waals surface area contributed by atoms with Crippen molar-refractivity contribution >= 4 is 15.7 Å². The Morgan fingerprint density at radius 2 is 1.33 bits per heavy atom. The lowest BCUT2D eigenvalue weighted by atomic mass is 10.0. The van der Waals surface area contributed by atoms with Gasteiger partial charge in [0.25, 0.3) is 5.91 Å². The van der Waals surface area contributed by atoms with Crippen molar-refractivity contribution < 1.29 is 39.6 Å². The first-order chi connectivity index (χ1) is 13.5. The Kier molecular flexibility index (Phi) is 6.27. The van der Waals surface area contributed by atoms with E-state index in [0.717, 1.165) is 11.2 Å². The van der Waals surface area contributed by atoms with Crippen molar-refractivity contribution in [3.8, 4) is 0 Å². The number of alkyl halides is 6. The summed E-state index contributed by atoms with van der Waals surface area (Å²) in [5.41, 5.74) is -3.49. The summed E-state index contributed by atoms with van der Waals surface area (Å²) in [6.07, 6.45) is -9.13. The molecule has 0 radical (unpaired) electrons. The minimum atomic E-state index is -5.07. The lowest BCUT2D eigenvalue weighted by molar-refractivity contribution is -0.143. The molecule has 30 heavy (non-hydrogen) atoms. The van der Waals surface area contributed by atoms with Crippen LogP contribution in [-0.4, -0.2) is 32.5 Å². The third-order valence-electron chi connectivity index (χ3n) is 4.53. The zero-order valence-electron chi connectivity index (χ0n) is 16.0. The van der Waals surface area contributed by atoms with E-state index in [1.54, 1.807) is 0 Å². The maximum atomic E-state index is 13.0. The molecule has 1 amide bonds. The van der Waals surface area contributed by atoms with Gasteiger partial charge < -0.3 is 4.90 Å². The maximum absolute atomic E-state index is 13.0. The van der Waals surface area contributed by atoms with E-state index in [1.165, 1.54) is 38.2 Å². The highest BCUT2D eigenvalue weighted by Gasteiger charge is 2.38. The molecule has 0 aliphatic rings. The number of carbonyl (C=O) groups is 1. The molecule has 0 spiro atoms. The predicted molar refractivity (Wildman–Crippen MR) is 96.5 cm³/mol. The van der Waals surface area contributed by atoms with E-state index in [1.807, 2.05) is 0 Å². The molecular formula is C19H17F6NO3S. The molecule has 2 aromatic rings. The van der Waals surface area contributed by atoms with E-state index in [0.29, 0.717) is 17.7 Å². The fraction of sp³-hybridized carbons (Fsp3) is 0.316. The highest BCUT2D eigenvalue weighted by molar-refractivity contribution is 7.90. The second-order valence-corrected chi connectivity index (χ2v) is 8.74. The smallest absolute Gasteiger partial charge is 0.335 e. The van der Waals surface area contributed by atoms with E-state index in [9.17, 15) is 39.6 Å². The Morgan fingerprint density at radius 1 is 0.900 bits per heavy atom. The highest BCUT2D eigenvalue weighted by atomic mass is 32.2. The van der Waals surface area contributed by atoms with Gasteiger partial charge in [-0.25, -0.2) is 8.42 Å². The molecule has 0 bridgehead atoms. The zero-order valence-corrected chi connectivity index (χ0v) is 16.8. The molecule has 0 aromatic heterocycles. The lowest BCUT2D eigenvalue weighted by Gasteiger charge is -2.26. The average Bonchev–Trinajstić information content (AvgIpc) is 2.64. The standard InChI is InChI=1S/C19H17F6NO3S/c1-11(12-4-6-16(7-5-12)30(3,28)29)26(2)17(27)13-8-14(18(20,21)22)10-15(9-13)19(23,24)25/h4-11H,1-3H3/t11-/m0/s1. The number of sulfone groups is 1. The molecule has 2 aromatic carbocycles. The van der Waals surface area contributed by atoms with Gasteiger partial charge in [0, 0.05) is 18.9 Å². The number of rotatable bonds is 4. The first kappa shape index (κ1) is 23.7. The molecule has 0 heterocycles. The highest BCUT2D eigenvalue weighted by Crippen LogP contribution is 2.37. The monoisotopic (exact) mass is 453 g/mol.